The van der Waals surface area contributed by atoms with Crippen LogP contribution in [0.4, 0.5) is 0 Å². The first-order valence-electron chi connectivity index (χ1n) is 7.90. The molecule has 1 aromatic carbocycles. The molecule has 1 aromatic rings. The van der Waals surface area contributed by atoms with Gasteiger partial charge in [0.2, 0.25) is 0 Å². The molecule has 2 atom stereocenters. The average Bonchev–Trinajstić information content (AvgIpc) is 2.56. The van der Waals surface area contributed by atoms with E-state index in [0.717, 1.165) is 5.56 Å². The van der Waals surface area contributed by atoms with Gasteiger partial charge in [-0.25, -0.2) is 4.79 Å². The molecular weight excluding hydrogens is 296 g/mol. The van der Waals surface area contributed by atoms with Gasteiger partial charge in [0, 0.05) is 6.61 Å². The molecule has 1 unspecified atom stereocenters. The lowest BCUT2D eigenvalue weighted by Crippen LogP contribution is -2.31. The maximum Gasteiger partial charge on any atom is 0.332 e. The summed E-state index contributed by atoms with van der Waals surface area (Å²) in [5, 5.41) is 9.19. The summed E-state index contributed by atoms with van der Waals surface area (Å²) >= 11 is 0. The summed E-state index contributed by atoms with van der Waals surface area (Å²) in [7, 11) is 0. The molecule has 0 bridgehead atoms. The smallest absolute Gasteiger partial charge is 0.332 e. The van der Waals surface area contributed by atoms with E-state index < -0.39 is 18.4 Å². The summed E-state index contributed by atoms with van der Waals surface area (Å²) in [6.07, 6.45) is 3.48. The van der Waals surface area contributed by atoms with E-state index in [4.69, 9.17) is 14.2 Å². The van der Waals surface area contributed by atoms with Crippen LogP contribution < -0.4 is 0 Å². The summed E-state index contributed by atoms with van der Waals surface area (Å²) in [5.74, 6) is -0.965. The van der Waals surface area contributed by atoms with Crippen molar-refractivity contribution >= 4 is 5.97 Å². The van der Waals surface area contributed by atoms with Crippen LogP contribution in [0.5, 0.6) is 0 Å². The molecule has 1 rings (SSSR count). The molecule has 0 aromatic heterocycles. The number of aliphatic carboxylic acids is 1. The van der Waals surface area contributed by atoms with E-state index in [1.54, 1.807) is 0 Å². The first-order chi connectivity index (χ1) is 11.2. The van der Waals surface area contributed by atoms with E-state index in [2.05, 4.69) is 0 Å². The van der Waals surface area contributed by atoms with E-state index in [-0.39, 0.29) is 6.61 Å². The Labute approximate surface area is 137 Å². The van der Waals surface area contributed by atoms with Crippen LogP contribution in [0, 0.1) is 0 Å². The van der Waals surface area contributed by atoms with Gasteiger partial charge in [0.05, 0.1) is 13.2 Å². The number of hydrogen-bond acceptors (Lipinski definition) is 4. The molecule has 5 nitrogen and oxygen atoms in total. The van der Waals surface area contributed by atoms with Crippen LogP contribution in [0.2, 0.25) is 0 Å². The molecule has 0 saturated carbocycles. The van der Waals surface area contributed by atoms with Gasteiger partial charge in [-0.05, 0) is 32.3 Å². The number of carboxylic acids is 1. The summed E-state index contributed by atoms with van der Waals surface area (Å²) in [5.41, 5.74) is 1.03. The highest BCUT2D eigenvalue weighted by molar-refractivity contribution is 5.72. The third-order valence-corrected chi connectivity index (χ3v) is 3.17. The van der Waals surface area contributed by atoms with E-state index in [0.29, 0.717) is 26.1 Å². The lowest BCUT2D eigenvalue weighted by molar-refractivity contribution is -0.190. The van der Waals surface area contributed by atoms with Gasteiger partial charge in [0.1, 0.15) is 0 Å². The molecule has 0 heterocycles. The van der Waals surface area contributed by atoms with Crippen LogP contribution in [0.3, 0.4) is 0 Å². The van der Waals surface area contributed by atoms with Crippen LogP contribution in [0.1, 0.15) is 32.3 Å². The highest BCUT2D eigenvalue weighted by Gasteiger charge is 2.20. The zero-order valence-electron chi connectivity index (χ0n) is 13.8. The molecule has 0 aliphatic rings. The Morgan fingerprint density at radius 2 is 1.96 bits per heavy atom. The lowest BCUT2D eigenvalue weighted by atomic mass is 10.2. The minimum Gasteiger partial charge on any atom is -0.479 e. The number of ether oxygens (including phenoxy) is 3. The van der Waals surface area contributed by atoms with E-state index in [9.17, 15) is 9.90 Å². The van der Waals surface area contributed by atoms with E-state index in [1.807, 2.05) is 56.3 Å². The third-order valence-electron chi connectivity index (χ3n) is 3.17. The number of hydrogen-bond donors (Lipinski definition) is 1. The SMILES string of the molecule is C/C=C/CC[C@@H](OCC(OCC)OCc1ccccc1)C(=O)O. The number of rotatable bonds is 12. The van der Waals surface area contributed by atoms with Gasteiger partial charge in [-0.2, -0.15) is 0 Å². The Morgan fingerprint density at radius 1 is 1.22 bits per heavy atom. The maximum atomic E-state index is 11.2. The molecule has 0 aliphatic carbocycles. The molecule has 0 amide bonds. The third kappa shape index (κ3) is 8.50. The first-order valence-corrected chi connectivity index (χ1v) is 7.90. The van der Waals surface area contributed by atoms with Gasteiger partial charge < -0.3 is 19.3 Å². The van der Waals surface area contributed by atoms with Gasteiger partial charge >= 0.3 is 5.97 Å². The van der Waals surface area contributed by atoms with Crippen molar-refractivity contribution < 1.29 is 24.1 Å². The average molecular weight is 322 g/mol. The fraction of sp³-hybridized carbons (Fsp3) is 0.500. The van der Waals surface area contributed by atoms with Crippen molar-refractivity contribution in [2.75, 3.05) is 13.2 Å². The number of carboxylic acid groups (broad SMARTS) is 1. The zero-order chi connectivity index (χ0) is 16.9. The molecule has 0 spiro atoms. The topological polar surface area (TPSA) is 65.0 Å². The second-order valence-electron chi connectivity index (χ2n) is 4.99. The molecule has 0 saturated heterocycles. The van der Waals surface area contributed by atoms with Crippen molar-refractivity contribution in [2.45, 2.75) is 45.7 Å². The van der Waals surface area contributed by atoms with Crippen LogP contribution in [-0.4, -0.2) is 36.7 Å². The second kappa shape index (κ2) is 11.8. The molecule has 128 valence electrons. The summed E-state index contributed by atoms with van der Waals surface area (Å²) in [6, 6.07) is 9.73. The fourth-order valence-corrected chi connectivity index (χ4v) is 1.98. The molecule has 0 fully saturated rings. The van der Waals surface area contributed by atoms with Crippen molar-refractivity contribution in [2.24, 2.45) is 0 Å². The van der Waals surface area contributed by atoms with Crippen LogP contribution in [0.15, 0.2) is 42.5 Å². The van der Waals surface area contributed by atoms with Crippen molar-refractivity contribution in [1.29, 1.82) is 0 Å². The number of benzene rings is 1. The van der Waals surface area contributed by atoms with E-state index >= 15 is 0 Å². The quantitative estimate of drug-likeness (QED) is 0.472. The van der Waals surface area contributed by atoms with Gasteiger partial charge in [0.15, 0.2) is 12.4 Å². The number of carbonyl (C=O) groups is 1. The summed E-state index contributed by atoms with van der Waals surface area (Å²) in [6.45, 7) is 4.72. The largest absolute Gasteiger partial charge is 0.479 e. The van der Waals surface area contributed by atoms with Crippen molar-refractivity contribution in [1.82, 2.24) is 0 Å². The maximum absolute atomic E-state index is 11.2. The normalized spacial score (nSPS) is 14.0. The van der Waals surface area contributed by atoms with E-state index in [1.165, 1.54) is 0 Å². The molecule has 1 N–H and O–H groups in total. The van der Waals surface area contributed by atoms with Crippen molar-refractivity contribution in [3.63, 3.8) is 0 Å². The highest BCUT2D eigenvalue weighted by atomic mass is 16.7. The lowest BCUT2D eigenvalue weighted by Gasteiger charge is -2.20. The van der Waals surface area contributed by atoms with Gasteiger partial charge in [-0.1, -0.05) is 42.5 Å². The molecule has 0 aliphatic heterocycles. The minimum atomic E-state index is -0.965. The first kappa shape index (κ1) is 19.4. The summed E-state index contributed by atoms with van der Waals surface area (Å²) < 4.78 is 16.6. The fourth-order valence-electron chi connectivity index (χ4n) is 1.98. The van der Waals surface area contributed by atoms with Gasteiger partial charge in [-0.3, -0.25) is 0 Å². The molecule has 0 radical (unpaired) electrons. The zero-order valence-corrected chi connectivity index (χ0v) is 13.8. The Kier molecular flexibility index (Phi) is 9.95. The molecular formula is C18H26O5. The Bertz CT molecular complexity index is 458. The van der Waals surface area contributed by atoms with Crippen LogP contribution >= 0.6 is 0 Å². The summed E-state index contributed by atoms with van der Waals surface area (Å²) in [4.78, 5) is 11.2. The Balaban J connectivity index is 2.44. The predicted octanol–water partition coefficient (Wildman–Crippen LogP) is 3.39. The van der Waals surface area contributed by atoms with Gasteiger partial charge in [0.25, 0.3) is 0 Å². The van der Waals surface area contributed by atoms with Crippen molar-refractivity contribution in [3.8, 4) is 0 Å². The predicted molar refractivity (Wildman–Crippen MR) is 88.1 cm³/mol. The Morgan fingerprint density at radius 3 is 2.57 bits per heavy atom. The molecule has 5 heteroatoms. The molecule has 23 heavy (non-hydrogen) atoms. The second-order valence-corrected chi connectivity index (χ2v) is 4.99. The van der Waals surface area contributed by atoms with Crippen LogP contribution in [-0.2, 0) is 25.6 Å². The van der Waals surface area contributed by atoms with Gasteiger partial charge in [-0.15, -0.1) is 0 Å². The highest BCUT2D eigenvalue weighted by Crippen LogP contribution is 2.09. The minimum absolute atomic E-state index is 0.0908. The van der Waals surface area contributed by atoms with Crippen LogP contribution in [0.25, 0.3) is 0 Å². The standard InChI is InChI=1S/C18H26O5/c1-3-5-7-12-16(18(19)20)22-14-17(21-4-2)23-13-15-10-8-6-9-11-15/h3,5-6,8-11,16-17H,4,7,12-14H2,1-2H3,(H,19,20)/b5-3+/t16-,17?/m1/s1. The number of allylic oxidation sites excluding steroid dienone is 2. The monoisotopic (exact) mass is 322 g/mol. The Hall–Kier alpha value is -1.69. The van der Waals surface area contributed by atoms with Crippen molar-refractivity contribution in [3.05, 3.63) is 48.0 Å².